The lowest BCUT2D eigenvalue weighted by Crippen LogP contribution is -1.89. The molecule has 0 unspecified atom stereocenters. The van der Waals surface area contributed by atoms with E-state index in [9.17, 15) is 0 Å². The molecule has 4 heteroatoms. The molecule has 2 aromatic rings. The number of nitrogens with zero attached hydrogens (tertiary/aromatic N) is 2. The molecule has 0 spiro atoms. The van der Waals surface area contributed by atoms with E-state index in [0.29, 0.717) is 0 Å². The van der Waals surface area contributed by atoms with Gasteiger partial charge in [0, 0.05) is 37.9 Å². The highest BCUT2D eigenvalue weighted by Gasteiger charge is 1.88. The Morgan fingerprint density at radius 3 is 1.72 bits per heavy atom. The first kappa shape index (κ1) is 12.4. The van der Waals surface area contributed by atoms with Crippen LogP contribution in [0.2, 0.25) is 0 Å². The quantitative estimate of drug-likeness (QED) is 0.554. The molecule has 0 saturated carbocycles. The molecule has 0 saturated heterocycles. The molecule has 18 heavy (non-hydrogen) atoms. The first-order chi connectivity index (χ1) is 8.95. The lowest BCUT2D eigenvalue weighted by molar-refractivity contribution is 0.759. The van der Waals surface area contributed by atoms with Gasteiger partial charge in [-0.15, -0.1) is 0 Å². The van der Waals surface area contributed by atoms with Crippen molar-refractivity contribution in [3.8, 4) is 0 Å². The van der Waals surface area contributed by atoms with Gasteiger partial charge >= 0.3 is 0 Å². The van der Waals surface area contributed by atoms with Gasteiger partial charge in [0.1, 0.15) is 0 Å². The van der Waals surface area contributed by atoms with Crippen LogP contribution in [-0.2, 0) is 0 Å². The summed E-state index contributed by atoms with van der Waals surface area (Å²) in [5, 5.41) is 0. The van der Waals surface area contributed by atoms with Gasteiger partial charge < -0.3 is 9.97 Å². The van der Waals surface area contributed by atoms with Crippen LogP contribution in [0.3, 0.4) is 0 Å². The van der Waals surface area contributed by atoms with Crippen molar-refractivity contribution < 1.29 is 0 Å². The zero-order valence-electron chi connectivity index (χ0n) is 10.3. The van der Waals surface area contributed by atoms with Gasteiger partial charge in [0.2, 0.25) is 0 Å². The van der Waals surface area contributed by atoms with Crippen LogP contribution in [0.25, 0.3) is 0 Å². The van der Waals surface area contributed by atoms with Gasteiger partial charge in [-0.25, -0.2) is 0 Å². The van der Waals surface area contributed by atoms with Gasteiger partial charge in [0.05, 0.1) is 11.4 Å². The van der Waals surface area contributed by atoms with Crippen molar-refractivity contribution in [3.05, 3.63) is 48.0 Å². The molecule has 0 atom stereocenters. The number of H-pyrrole nitrogens is 2. The number of aliphatic imine (C=N–C) groups is 2. The van der Waals surface area contributed by atoms with E-state index in [4.69, 9.17) is 0 Å². The molecule has 2 rings (SSSR count). The van der Waals surface area contributed by atoms with Crippen molar-refractivity contribution in [1.82, 2.24) is 9.97 Å². The first-order valence-electron chi connectivity index (χ1n) is 6.21. The van der Waals surface area contributed by atoms with Crippen LogP contribution in [0.15, 0.2) is 46.6 Å². The third kappa shape index (κ3) is 4.41. The van der Waals surface area contributed by atoms with E-state index in [-0.39, 0.29) is 0 Å². The minimum Gasteiger partial charge on any atom is -0.360 e. The zero-order valence-corrected chi connectivity index (χ0v) is 10.3. The maximum Gasteiger partial charge on any atom is 0.0561 e. The third-order valence-corrected chi connectivity index (χ3v) is 2.53. The van der Waals surface area contributed by atoms with Crippen molar-refractivity contribution >= 4 is 12.4 Å². The summed E-state index contributed by atoms with van der Waals surface area (Å²) < 4.78 is 0. The molecule has 4 nitrogen and oxygen atoms in total. The van der Waals surface area contributed by atoms with E-state index in [1.54, 1.807) is 0 Å². The Labute approximate surface area is 107 Å². The average molecular weight is 242 g/mol. The second-order valence-corrected chi connectivity index (χ2v) is 4.03. The Balaban J connectivity index is 1.54. The fraction of sp³-hybridized carbons (Fsp3) is 0.286. The van der Waals surface area contributed by atoms with Gasteiger partial charge in [-0.1, -0.05) is 0 Å². The van der Waals surface area contributed by atoms with Crippen molar-refractivity contribution in [1.29, 1.82) is 0 Å². The highest BCUT2D eigenvalue weighted by molar-refractivity contribution is 5.77. The number of hydrogen-bond acceptors (Lipinski definition) is 2. The number of unbranched alkanes of at least 4 members (excludes halogenated alkanes) is 1. The lowest BCUT2D eigenvalue weighted by Gasteiger charge is -1.93. The van der Waals surface area contributed by atoms with Gasteiger partial charge in [0.25, 0.3) is 0 Å². The van der Waals surface area contributed by atoms with Crippen LogP contribution in [-0.4, -0.2) is 35.5 Å². The van der Waals surface area contributed by atoms with Gasteiger partial charge in [-0.05, 0) is 37.1 Å². The molecule has 0 aliphatic rings. The van der Waals surface area contributed by atoms with Crippen LogP contribution >= 0.6 is 0 Å². The number of aromatic nitrogens is 2. The van der Waals surface area contributed by atoms with Crippen molar-refractivity contribution in [2.75, 3.05) is 13.1 Å². The molecule has 2 N–H and O–H groups in total. The number of rotatable bonds is 7. The molecule has 2 aromatic heterocycles. The first-order valence-corrected chi connectivity index (χ1v) is 6.21. The summed E-state index contributed by atoms with van der Waals surface area (Å²) in [6.45, 7) is 1.72. The largest absolute Gasteiger partial charge is 0.360 e. The fourth-order valence-electron chi connectivity index (χ4n) is 1.58. The zero-order chi connectivity index (χ0) is 12.5. The van der Waals surface area contributed by atoms with E-state index in [0.717, 1.165) is 37.3 Å². The predicted octanol–water partition coefficient (Wildman–Crippen LogP) is 2.66. The number of nitrogens with one attached hydrogen (secondary N) is 2. The van der Waals surface area contributed by atoms with E-state index in [1.807, 2.05) is 49.1 Å². The smallest absolute Gasteiger partial charge is 0.0561 e. The predicted molar refractivity (Wildman–Crippen MR) is 75.7 cm³/mol. The SMILES string of the molecule is C(=NCCCCN=Cc1ccc[nH]1)c1ccc[nH]1. The minimum atomic E-state index is 0.858. The minimum absolute atomic E-state index is 0.858. The van der Waals surface area contributed by atoms with Crippen LogP contribution in [0.5, 0.6) is 0 Å². The second kappa shape index (κ2) is 7.27. The second-order valence-electron chi connectivity index (χ2n) is 4.03. The Kier molecular flexibility index (Phi) is 4.99. The number of aromatic amines is 2. The topological polar surface area (TPSA) is 56.3 Å². The highest BCUT2D eigenvalue weighted by Crippen LogP contribution is 1.94. The van der Waals surface area contributed by atoms with Gasteiger partial charge in [-0.2, -0.15) is 0 Å². The Bertz CT molecular complexity index is 420. The van der Waals surface area contributed by atoms with Crippen LogP contribution < -0.4 is 0 Å². The Morgan fingerprint density at radius 1 is 0.833 bits per heavy atom. The molecule has 0 radical (unpaired) electrons. The highest BCUT2D eigenvalue weighted by atomic mass is 14.8. The Hall–Kier alpha value is -2.10. The average Bonchev–Trinajstić information content (AvgIpc) is 3.05. The molecular weight excluding hydrogens is 224 g/mol. The third-order valence-electron chi connectivity index (χ3n) is 2.53. The summed E-state index contributed by atoms with van der Waals surface area (Å²) >= 11 is 0. The van der Waals surface area contributed by atoms with Crippen LogP contribution in [0.1, 0.15) is 24.2 Å². The van der Waals surface area contributed by atoms with Gasteiger partial charge in [0.15, 0.2) is 0 Å². The monoisotopic (exact) mass is 242 g/mol. The maximum atomic E-state index is 4.35. The Morgan fingerprint density at radius 2 is 1.33 bits per heavy atom. The molecular formula is C14H18N4. The van der Waals surface area contributed by atoms with Crippen molar-refractivity contribution in [3.63, 3.8) is 0 Å². The van der Waals surface area contributed by atoms with E-state index in [1.165, 1.54) is 0 Å². The molecule has 0 fully saturated rings. The summed E-state index contributed by atoms with van der Waals surface area (Å²) in [7, 11) is 0. The summed E-state index contributed by atoms with van der Waals surface area (Å²) in [5.74, 6) is 0. The normalized spacial score (nSPS) is 11.8. The summed E-state index contributed by atoms with van der Waals surface area (Å²) in [6.07, 6.45) is 9.69. The standard InChI is InChI=1S/C14H18N4/c1(7-15-11-13-5-3-9-17-13)2-8-16-12-14-6-4-10-18-14/h3-6,9-12,17-18H,1-2,7-8H2. The van der Waals surface area contributed by atoms with E-state index < -0.39 is 0 Å². The molecule has 2 heterocycles. The summed E-state index contributed by atoms with van der Waals surface area (Å²) in [6, 6.07) is 7.95. The van der Waals surface area contributed by atoms with Gasteiger partial charge in [-0.3, -0.25) is 9.98 Å². The molecule has 0 aromatic carbocycles. The fourth-order valence-corrected chi connectivity index (χ4v) is 1.58. The van der Waals surface area contributed by atoms with Crippen molar-refractivity contribution in [2.45, 2.75) is 12.8 Å². The van der Waals surface area contributed by atoms with E-state index in [2.05, 4.69) is 20.0 Å². The van der Waals surface area contributed by atoms with E-state index >= 15 is 0 Å². The summed E-state index contributed by atoms with van der Waals surface area (Å²) in [4.78, 5) is 14.9. The summed E-state index contributed by atoms with van der Waals surface area (Å²) in [5.41, 5.74) is 2.11. The van der Waals surface area contributed by atoms with Crippen molar-refractivity contribution in [2.24, 2.45) is 9.98 Å². The number of hydrogen-bond donors (Lipinski definition) is 2. The molecule has 0 aliphatic heterocycles. The molecule has 0 bridgehead atoms. The maximum absolute atomic E-state index is 4.35. The lowest BCUT2D eigenvalue weighted by atomic mass is 10.3. The van der Waals surface area contributed by atoms with Crippen LogP contribution in [0.4, 0.5) is 0 Å². The molecule has 0 amide bonds. The molecule has 0 aliphatic carbocycles. The molecule has 94 valence electrons. The van der Waals surface area contributed by atoms with Crippen LogP contribution in [0, 0.1) is 0 Å².